The molecule has 3 rings (SSSR count). The molecule has 2 amide bonds. The molecule has 0 unspecified atom stereocenters. The van der Waals surface area contributed by atoms with Crippen molar-refractivity contribution in [1.29, 1.82) is 0 Å². The number of nitrogens with zero attached hydrogens (tertiary/aromatic N) is 3. The van der Waals surface area contributed by atoms with Gasteiger partial charge in [-0.2, -0.15) is 5.10 Å². The highest BCUT2D eigenvalue weighted by atomic mass is 16.5. The Labute approximate surface area is 148 Å². The number of carbonyl (C=O) groups is 2. The molecule has 0 bridgehead atoms. The second-order valence-corrected chi connectivity index (χ2v) is 6.67. The maximum atomic E-state index is 12.8. The van der Waals surface area contributed by atoms with E-state index in [1.165, 1.54) is 0 Å². The van der Waals surface area contributed by atoms with Crippen LogP contribution in [0.1, 0.15) is 37.1 Å². The summed E-state index contributed by atoms with van der Waals surface area (Å²) >= 11 is 0. The smallest absolute Gasteiger partial charge is 0.226 e. The fourth-order valence-corrected chi connectivity index (χ4v) is 3.65. The summed E-state index contributed by atoms with van der Waals surface area (Å²) in [6, 6.07) is -0.247. The molecular weight excluding hydrogens is 320 g/mol. The third-order valence-electron chi connectivity index (χ3n) is 5.17. The summed E-state index contributed by atoms with van der Waals surface area (Å²) in [5, 5.41) is 7.28. The fraction of sp³-hybridized carbons (Fsp3) is 0.611. The van der Waals surface area contributed by atoms with Gasteiger partial charge in [0.05, 0.1) is 31.4 Å². The average Bonchev–Trinajstić information content (AvgIpc) is 3.13. The first-order chi connectivity index (χ1) is 12.0. The normalized spacial score (nSPS) is 23.7. The van der Waals surface area contributed by atoms with Crippen LogP contribution in [-0.2, 0) is 21.4 Å². The average molecular weight is 346 g/mol. The number of ether oxygens (including phenoxy) is 1. The van der Waals surface area contributed by atoms with Gasteiger partial charge in [-0.25, -0.2) is 0 Å². The van der Waals surface area contributed by atoms with E-state index in [2.05, 4.69) is 16.5 Å². The number of likely N-dealkylation sites (tertiary alicyclic amines) is 1. The SMILES string of the molecule is CCN1C(=O)C[C@H](C(=O)NCC2=CCCOC2)[C@H]1c1cnn(C)c1C. The van der Waals surface area contributed by atoms with E-state index >= 15 is 0 Å². The third kappa shape index (κ3) is 3.46. The largest absolute Gasteiger partial charge is 0.377 e. The first-order valence-electron chi connectivity index (χ1n) is 8.84. The highest BCUT2D eigenvalue weighted by Gasteiger charge is 2.44. The second-order valence-electron chi connectivity index (χ2n) is 6.67. The molecule has 7 nitrogen and oxygen atoms in total. The lowest BCUT2D eigenvalue weighted by atomic mass is 9.93. The van der Waals surface area contributed by atoms with Crippen molar-refractivity contribution in [3.63, 3.8) is 0 Å². The van der Waals surface area contributed by atoms with E-state index in [9.17, 15) is 9.59 Å². The lowest BCUT2D eigenvalue weighted by Crippen LogP contribution is -2.37. The molecule has 2 aliphatic heterocycles. The van der Waals surface area contributed by atoms with Gasteiger partial charge in [0.25, 0.3) is 0 Å². The number of aryl methyl sites for hydroxylation is 1. The number of aromatic nitrogens is 2. The molecule has 0 aliphatic carbocycles. The Morgan fingerprint density at radius 1 is 1.48 bits per heavy atom. The number of nitrogens with one attached hydrogen (secondary N) is 1. The monoisotopic (exact) mass is 346 g/mol. The quantitative estimate of drug-likeness (QED) is 0.810. The maximum Gasteiger partial charge on any atom is 0.226 e. The van der Waals surface area contributed by atoms with E-state index in [4.69, 9.17) is 4.74 Å². The van der Waals surface area contributed by atoms with Gasteiger partial charge >= 0.3 is 0 Å². The molecule has 0 radical (unpaired) electrons. The summed E-state index contributed by atoms with van der Waals surface area (Å²) in [5.41, 5.74) is 3.03. The fourth-order valence-electron chi connectivity index (χ4n) is 3.65. The predicted octanol–water partition coefficient (Wildman–Crippen LogP) is 1.10. The molecule has 136 valence electrons. The van der Waals surface area contributed by atoms with Crippen LogP contribution in [-0.4, -0.2) is 52.8 Å². The molecule has 1 aromatic rings. The summed E-state index contributed by atoms with van der Waals surface area (Å²) in [6.07, 6.45) is 5.02. The van der Waals surface area contributed by atoms with Crippen LogP contribution in [0.4, 0.5) is 0 Å². The Morgan fingerprint density at radius 2 is 2.28 bits per heavy atom. The van der Waals surface area contributed by atoms with E-state index in [1.807, 2.05) is 20.9 Å². The van der Waals surface area contributed by atoms with E-state index in [1.54, 1.807) is 15.8 Å². The highest BCUT2D eigenvalue weighted by molar-refractivity contribution is 5.90. The predicted molar refractivity (Wildman–Crippen MR) is 92.7 cm³/mol. The molecule has 1 aromatic heterocycles. The Hall–Kier alpha value is -2.15. The number of rotatable bonds is 5. The minimum absolute atomic E-state index is 0.0242. The first-order valence-corrected chi connectivity index (χ1v) is 8.84. The lowest BCUT2D eigenvalue weighted by Gasteiger charge is -2.27. The van der Waals surface area contributed by atoms with Gasteiger partial charge in [-0.05, 0) is 25.8 Å². The van der Waals surface area contributed by atoms with Gasteiger partial charge in [0.1, 0.15) is 0 Å². The van der Waals surface area contributed by atoms with Gasteiger partial charge in [0.15, 0.2) is 0 Å². The van der Waals surface area contributed by atoms with Crippen LogP contribution in [0.2, 0.25) is 0 Å². The summed E-state index contributed by atoms with van der Waals surface area (Å²) in [4.78, 5) is 27.0. The minimum atomic E-state index is -0.388. The zero-order valence-electron chi connectivity index (χ0n) is 15.1. The minimum Gasteiger partial charge on any atom is -0.377 e. The summed E-state index contributed by atoms with van der Waals surface area (Å²) in [5.74, 6) is -0.444. The van der Waals surface area contributed by atoms with Crippen molar-refractivity contribution in [2.45, 2.75) is 32.7 Å². The van der Waals surface area contributed by atoms with Crippen LogP contribution in [0.5, 0.6) is 0 Å². The van der Waals surface area contributed by atoms with Gasteiger partial charge in [0.2, 0.25) is 11.8 Å². The summed E-state index contributed by atoms with van der Waals surface area (Å²) in [7, 11) is 1.87. The van der Waals surface area contributed by atoms with Crippen LogP contribution in [0.3, 0.4) is 0 Å². The molecule has 7 heteroatoms. The van der Waals surface area contributed by atoms with Gasteiger partial charge in [-0.3, -0.25) is 14.3 Å². The Bertz CT molecular complexity index is 694. The third-order valence-corrected chi connectivity index (χ3v) is 5.17. The standard InChI is InChI=1S/C18H26N4O3/c1-4-22-16(23)8-14(17(22)15-10-20-21(3)12(15)2)18(24)19-9-13-6-5-7-25-11-13/h6,10,14,17H,4-5,7-9,11H2,1-3H3,(H,19,24)/t14-,17-/m0/s1. The Kier molecular flexibility index (Phi) is 5.22. The molecule has 1 fully saturated rings. The molecule has 0 spiro atoms. The second kappa shape index (κ2) is 7.39. The van der Waals surface area contributed by atoms with Crippen LogP contribution >= 0.6 is 0 Å². The Morgan fingerprint density at radius 3 is 2.88 bits per heavy atom. The van der Waals surface area contributed by atoms with Crippen LogP contribution < -0.4 is 5.32 Å². The number of hydrogen-bond donors (Lipinski definition) is 1. The highest BCUT2D eigenvalue weighted by Crippen LogP contribution is 2.39. The van der Waals surface area contributed by atoms with Crippen molar-refractivity contribution in [1.82, 2.24) is 20.0 Å². The topological polar surface area (TPSA) is 76.5 Å². The number of hydrogen-bond acceptors (Lipinski definition) is 4. The number of amides is 2. The molecule has 2 aliphatic rings. The van der Waals surface area contributed by atoms with E-state index in [0.717, 1.165) is 29.9 Å². The van der Waals surface area contributed by atoms with Crippen molar-refractivity contribution in [3.8, 4) is 0 Å². The van der Waals surface area contributed by atoms with E-state index in [-0.39, 0.29) is 30.2 Å². The maximum absolute atomic E-state index is 12.8. The van der Waals surface area contributed by atoms with Gasteiger partial charge in [-0.1, -0.05) is 6.08 Å². The van der Waals surface area contributed by atoms with Gasteiger partial charge in [0, 0.05) is 37.8 Å². The van der Waals surface area contributed by atoms with Crippen molar-refractivity contribution in [3.05, 3.63) is 29.1 Å². The molecule has 1 N–H and O–H groups in total. The molecule has 1 saturated heterocycles. The molecular formula is C18H26N4O3. The van der Waals surface area contributed by atoms with Crippen molar-refractivity contribution >= 4 is 11.8 Å². The van der Waals surface area contributed by atoms with Crippen molar-refractivity contribution < 1.29 is 14.3 Å². The Balaban J connectivity index is 1.77. The van der Waals surface area contributed by atoms with Crippen LogP contribution in [0.25, 0.3) is 0 Å². The number of carbonyl (C=O) groups excluding carboxylic acids is 2. The van der Waals surface area contributed by atoms with Crippen molar-refractivity contribution in [2.24, 2.45) is 13.0 Å². The van der Waals surface area contributed by atoms with Crippen LogP contribution in [0.15, 0.2) is 17.8 Å². The molecule has 2 atom stereocenters. The lowest BCUT2D eigenvalue weighted by molar-refractivity contribution is -0.129. The molecule has 0 aromatic carbocycles. The summed E-state index contributed by atoms with van der Waals surface area (Å²) in [6.45, 7) is 6.28. The van der Waals surface area contributed by atoms with E-state index < -0.39 is 0 Å². The first kappa shape index (κ1) is 17.7. The van der Waals surface area contributed by atoms with Crippen LogP contribution in [0, 0.1) is 12.8 Å². The van der Waals surface area contributed by atoms with Crippen molar-refractivity contribution in [2.75, 3.05) is 26.3 Å². The van der Waals surface area contributed by atoms with E-state index in [0.29, 0.717) is 19.7 Å². The van der Waals surface area contributed by atoms with Gasteiger partial charge < -0.3 is 15.0 Å². The zero-order valence-corrected chi connectivity index (χ0v) is 15.1. The molecule has 25 heavy (non-hydrogen) atoms. The molecule has 0 saturated carbocycles. The molecule has 3 heterocycles. The zero-order chi connectivity index (χ0) is 18.0. The summed E-state index contributed by atoms with van der Waals surface area (Å²) < 4.78 is 7.19. The van der Waals surface area contributed by atoms with Gasteiger partial charge in [-0.15, -0.1) is 0 Å².